The normalized spacial score (nSPS) is 19.5. The molecule has 0 saturated heterocycles. The molecule has 16 bridgehead atoms. The highest BCUT2D eigenvalue weighted by Gasteiger charge is 2.41. The number of carbonyl (C=O) groups is 8. The molecular weight excluding hydrogens is 664 g/mol. The number of benzene rings is 4. The first-order valence-electron chi connectivity index (χ1n) is 17.8. The highest BCUT2D eigenvalue weighted by Crippen LogP contribution is 2.40. The number of hydrogen-bond donors (Lipinski definition) is 0. The molecule has 0 radical (unpaired) electrons. The van der Waals surface area contributed by atoms with Crippen LogP contribution in [-0.4, -0.2) is 93.0 Å². The van der Waals surface area contributed by atoms with E-state index >= 15 is 0 Å². The third-order valence-electron chi connectivity index (χ3n) is 11.2. The molecule has 0 atom stereocenters. The molecule has 0 aliphatic carbocycles. The SMILES string of the molecule is O=C1c2ccc3c4c5ccc(c24)C(=O)N1CCCCCCN1C(=O)c2ccc4c6c(ccc(c26)C1=O)C(=O)N(CCCCCCN(C3=O)C5=O)C4=O. The standard InChI is InChI=1S/C40H32N4O8/c45-33-21-9-11-25-31-26-12-10-22(29(21)31)34(46)41(33)17-5-1-2-6-18-42-35(47)23-13-15-27-32-28(16-14-24(30(23)32)36(42)48)40(52)44(39(27)51)20-8-4-3-7-19-43(37(25)49)38(26)50/h9-16H,1-8,17-20H2. The van der Waals surface area contributed by atoms with E-state index in [1.807, 2.05) is 0 Å². The summed E-state index contributed by atoms with van der Waals surface area (Å²) in [5.74, 6) is -3.81. The third kappa shape index (κ3) is 4.39. The number of hydrogen-bond acceptors (Lipinski definition) is 8. The van der Waals surface area contributed by atoms with Crippen LogP contribution < -0.4 is 0 Å². The van der Waals surface area contributed by atoms with Crippen molar-refractivity contribution in [2.45, 2.75) is 51.4 Å². The minimum absolute atomic E-state index is 0.157. The van der Waals surface area contributed by atoms with Crippen LogP contribution in [0.5, 0.6) is 0 Å². The minimum atomic E-state index is -0.476. The number of rotatable bonds is 0. The van der Waals surface area contributed by atoms with Gasteiger partial charge < -0.3 is 0 Å². The Bertz CT molecular complexity index is 1940. The molecule has 12 nitrogen and oxygen atoms in total. The summed E-state index contributed by atoms with van der Waals surface area (Å²) in [4.78, 5) is 114. The lowest BCUT2D eigenvalue weighted by molar-refractivity contribution is 0.0580. The van der Waals surface area contributed by atoms with Gasteiger partial charge in [0.1, 0.15) is 0 Å². The van der Waals surface area contributed by atoms with E-state index in [0.717, 1.165) is 0 Å². The fraction of sp³-hybridized carbons (Fsp3) is 0.300. The molecule has 4 aromatic carbocycles. The summed E-state index contributed by atoms with van der Waals surface area (Å²) in [5.41, 5.74) is 2.17. The first-order chi connectivity index (χ1) is 25.2. The molecule has 0 saturated carbocycles. The van der Waals surface area contributed by atoms with Crippen molar-refractivity contribution in [3.05, 3.63) is 93.0 Å². The Kier molecular flexibility index (Phi) is 7.21. The summed E-state index contributed by atoms with van der Waals surface area (Å²) >= 11 is 0. The highest BCUT2D eigenvalue weighted by molar-refractivity contribution is 6.34. The molecule has 8 amide bonds. The van der Waals surface area contributed by atoms with Crippen LogP contribution in [0.25, 0.3) is 21.5 Å². The molecule has 19 rings (SSSR count). The fourth-order valence-corrected chi connectivity index (χ4v) is 8.55. The lowest BCUT2D eigenvalue weighted by Gasteiger charge is -2.32. The lowest BCUT2D eigenvalue weighted by Crippen LogP contribution is -2.44. The molecule has 0 aromatic heterocycles. The lowest BCUT2D eigenvalue weighted by atomic mass is 9.85. The van der Waals surface area contributed by atoms with Gasteiger partial charge in [0, 0.05) is 92.2 Å². The van der Waals surface area contributed by atoms with E-state index < -0.39 is 47.3 Å². The Morgan fingerprint density at radius 3 is 0.558 bits per heavy atom. The number of amides is 8. The second-order valence-corrected chi connectivity index (χ2v) is 14.0. The van der Waals surface area contributed by atoms with E-state index in [2.05, 4.69) is 0 Å². The summed E-state index contributed by atoms with van der Waals surface area (Å²) in [7, 11) is 0. The monoisotopic (exact) mass is 696 g/mol. The second kappa shape index (κ2) is 11.8. The molecule has 0 fully saturated rings. The zero-order chi connectivity index (χ0) is 36.0. The van der Waals surface area contributed by atoms with Gasteiger partial charge in [-0.25, -0.2) is 0 Å². The van der Waals surface area contributed by atoms with Crippen LogP contribution in [0, 0.1) is 0 Å². The summed E-state index contributed by atoms with van der Waals surface area (Å²) in [6.45, 7) is 0.628. The van der Waals surface area contributed by atoms with Gasteiger partial charge in [0.2, 0.25) is 0 Å². The molecule has 0 N–H and O–H groups in total. The molecule has 0 spiro atoms. The topological polar surface area (TPSA) is 150 Å². The summed E-state index contributed by atoms with van der Waals surface area (Å²) in [5, 5.41) is 1.32. The zero-order valence-corrected chi connectivity index (χ0v) is 28.2. The van der Waals surface area contributed by atoms with Gasteiger partial charge in [-0.1, -0.05) is 25.7 Å². The van der Waals surface area contributed by atoms with Crippen LogP contribution in [0.2, 0.25) is 0 Å². The number of nitrogens with zero attached hydrogens (tertiary/aromatic N) is 4. The van der Waals surface area contributed by atoms with Crippen molar-refractivity contribution in [3.8, 4) is 0 Å². The quantitative estimate of drug-likeness (QED) is 0.228. The number of carbonyl (C=O) groups excluding carboxylic acids is 8. The van der Waals surface area contributed by atoms with Crippen LogP contribution in [0.15, 0.2) is 48.5 Å². The molecule has 260 valence electrons. The largest absolute Gasteiger partial charge is 0.274 e. The molecule has 12 heteroatoms. The van der Waals surface area contributed by atoms with Gasteiger partial charge >= 0.3 is 0 Å². The van der Waals surface area contributed by atoms with E-state index in [1.165, 1.54) is 19.6 Å². The van der Waals surface area contributed by atoms with Gasteiger partial charge in [0.15, 0.2) is 0 Å². The van der Waals surface area contributed by atoms with Crippen molar-refractivity contribution >= 4 is 68.8 Å². The third-order valence-corrected chi connectivity index (χ3v) is 11.2. The first-order valence-corrected chi connectivity index (χ1v) is 17.8. The van der Waals surface area contributed by atoms with Crippen LogP contribution in [0.4, 0.5) is 0 Å². The molecular formula is C40H32N4O8. The summed E-state index contributed by atoms with van der Waals surface area (Å²) < 4.78 is 0. The Morgan fingerprint density at radius 2 is 0.404 bits per heavy atom. The number of imide groups is 4. The molecule has 0 unspecified atom stereocenters. The average Bonchev–Trinajstić information content (AvgIpc) is 3.14. The van der Waals surface area contributed by atoms with Crippen molar-refractivity contribution in [3.63, 3.8) is 0 Å². The Labute approximate surface area is 296 Å². The Morgan fingerprint density at radius 1 is 0.250 bits per heavy atom. The van der Waals surface area contributed by atoms with E-state index in [9.17, 15) is 38.4 Å². The van der Waals surface area contributed by atoms with Crippen LogP contribution >= 0.6 is 0 Å². The fourth-order valence-electron chi connectivity index (χ4n) is 8.55. The smallest absolute Gasteiger partial charge is 0.261 e. The van der Waals surface area contributed by atoms with Crippen LogP contribution in [0.3, 0.4) is 0 Å². The predicted molar refractivity (Wildman–Crippen MR) is 186 cm³/mol. The van der Waals surface area contributed by atoms with Gasteiger partial charge in [0.05, 0.1) is 0 Å². The maximum atomic E-state index is 13.7. The van der Waals surface area contributed by atoms with Crippen molar-refractivity contribution < 1.29 is 38.4 Å². The van der Waals surface area contributed by atoms with E-state index in [0.29, 0.717) is 72.9 Å². The van der Waals surface area contributed by atoms with Gasteiger partial charge in [-0.15, -0.1) is 0 Å². The van der Waals surface area contributed by atoms with Crippen LogP contribution in [0.1, 0.15) is 134 Å². The molecule has 15 aliphatic rings. The van der Waals surface area contributed by atoms with E-state index in [1.54, 1.807) is 48.5 Å². The Hall–Kier alpha value is -6.04. The molecule has 52 heavy (non-hydrogen) atoms. The first kappa shape index (κ1) is 31.9. The van der Waals surface area contributed by atoms with Crippen molar-refractivity contribution in [1.82, 2.24) is 19.6 Å². The maximum Gasteiger partial charge on any atom is 0.261 e. The maximum absolute atomic E-state index is 13.7. The summed E-state index contributed by atoms with van der Waals surface area (Å²) in [6, 6.07) is 12.5. The van der Waals surface area contributed by atoms with Gasteiger partial charge in [-0.2, -0.15) is 0 Å². The second-order valence-electron chi connectivity index (χ2n) is 14.0. The van der Waals surface area contributed by atoms with E-state index in [-0.39, 0.29) is 70.7 Å². The molecule has 15 aliphatic heterocycles. The Balaban J connectivity index is 1.03. The van der Waals surface area contributed by atoms with E-state index in [4.69, 9.17) is 0 Å². The van der Waals surface area contributed by atoms with Crippen molar-refractivity contribution in [2.75, 3.05) is 26.2 Å². The van der Waals surface area contributed by atoms with Crippen molar-refractivity contribution in [1.29, 1.82) is 0 Å². The predicted octanol–water partition coefficient (Wildman–Crippen LogP) is 5.21. The average molecular weight is 697 g/mol. The van der Waals surface area contributed by atoms with Gasteiger partial charge in [-0.05, 0) is 74.2 Å². The minimum Gasteiger partial charge on any atom is -0.274 e. The molecule has 15 heterocycles. The summed E-state index contributed by atoms with van der Waals surface area (Å²) in [6.07, 6.45) is 4.44. The van der Waals surface area contributed by atoms with Gasteiger partial charge in [0.25, 0.3) is 47.3 Å². The highest BCUT2D eigenvalue weighted by atomic mass is 16.2. The van der Waals surface area contributed by atoms with Crippen LogP contribution in [-0.2, 0) is 0 Å². The van der Waals surface area contributed by atoms with Gasteiger partial charge in [-0.3, -0.25) is 58.0 Å². The molecule has 4 aromatic rings. The van der Waals surface area contributed by atoms with Crippen molar-refractivity contribution in [2.24, 2.45) is 0 Å². The zero-order valence-electron chi connectivity index (χ0n) is 28.2.